The molecule has 1 aromatic rings. The zero-order valence-corrected chi connectivity index (χ0v) is 49.8. The van der Waals surface area contributed by atoms with Gasteiger partial charge < -0.3 is 69.6 Å². The maximum absolute atomic E-state index is 12.8. The molecule has 1 unspecified atom stereocenters. The van der Waals surface area contributed by atoms with Crippen LogP contribution < -0.4 is 16.4 Å². The molecule has 0 bridgehead atoms. The fourth-order valence-electron chi connectivity index (χ4n) is 7.62. The van der Waals surface area contributed by atoms with Gasteiger partial charge in [-0.15, -0.1) is 17.4 Å². The smallest absolute Gasteiger partial charge is 0.306 e. The van der Waals surface area contributed by atoms with Gasteiger partial charge in [-0.05, 0) is 12.8 Å². The van der Waals surface area contributed by atoms with Crippen LogP contribution >= 0.6 is 0 Å². The Hall–Kier alpha value is -3.82. The fourth-order valence-corrected chi connectivity index (χ4v) is 7.62. The van der Waals surface area contributed by atoms with E-state index in [2.05, 4.69) is 40.7 Å². The number of nitrogens with one attached hydrogen (secondary N) is 2. The third-order valence-corrected chi connectivity index (χ3v) is 12.0. The molecule has 0 aliphatic heterocycles. The molecule has 1 rings (SSSR count). The van der Waals surface area contributed by atoms with E-state index in [1.807, 2.05) is 0 Å². The molecular weight excluding hydrogens is 1030 g/mol. The van der Waals surface area contributed by atoms with E-state index >= 15 is 0 Å². The molecule has 468 valence electrons. The van der Waals surface area contributed by atoms with Gasteiger partial charge in [0.05, 0.1) is 111 Å². The van der Waals surface area contributed by atoms with Gasteiger partial charge in [0, 0.05) is 64.4 Å². The van der Waals surface area contributed by atoms with Crippen LogP contribution in [0, 0.1) is 12.3 Å². The summed E-state index contributed by atoms with van der Waals surface area (Å²) in [5, 5.41) is 39.3. The second-order valence-corrected chi connectivity index (χ2v) is 19.3. The van der Waals surface area contributed by atoms with E-state index in [1.54, 1.807) is 10.9 Å². The van der Waals surface area contributed by atoms with Gasteiger partial charge in [0.25, 0.3) is 0 Å². The minimum atomic E-state index is -0.682. The Balaban J connectivity index is 0. The maximum atomic E-state index is 12.8. The molecule has 7 N–H and O–H groups in total. The highest BCUT2D eigenvalue weighted by atomic mass is 16.6. The highest BCUT2D eigenvalue weighted by Crippen LogP contribution is 2.15. The molecule has 80 heavy (non-hydrogen) atoms. The number of amides is 2. The van der Waals surface area contributed by atoms with E-state index in [-0.39, 0.29) is 69.8 Å². The van der Waals surface area contributed by atoms with Crippen LogP contribution in [0.4, 0.5) is 0 Å². The molecule has 0 radical (unpaired) electrons. The number of nitrogens with two attached hydrogens (primary N) is 1. The van der Waals surface area contributed by atoms with Crippen molar-refractivity contribution in [2.45, 2.75) is 206 Å². The number of aliphatic hydroxyl groups excluding tert-OH is 3. The van der Waals surface area contributed by atoms with Gasteiger partial charge in [0.15, 0.2) is 6.10 Å². The van der Waals surface area contributed by atoms with E-state index in [4.69, 9.17) is 65.4 Å². The number of aryl methyl sites for hydroxylation is 1. The number of hydrogen-bond acceptors (Lipinski definition) is 18. The normalized spacial score (nSPS) is 11.2. The third-order valence-electron chi connectivity index (χ3n) is 12.0. The average Bonchev–Trinajstić information content (AvgIpc) is 3.92. The summed E-state index contributed by atoms with van der Waals surface area (Å²) in [5.41, 5.74) is 5.80. The molecule has 21 heteroatoms. The molecule has 0 aromatic carbocycles. The van der Waals surface area contributed by atoms with Crippen molar-refractivity contribution in [1.29, 1.82) is 0 Å². The van der Waals surface area contributed by atoms with Crippen LogP contribution in [0.25, 0.3) is 0 Å². The van der Waals surface area contributed by atoms with Crippen molar-refractivity contribution < 1.29 is 72.4 Å². The van der Waals surface area contributed by atoms with E-state index < -0.39 is 6.10 Å². The monoisotopic (exact) mass is 1140 g/mol. The lowest BCUT2D eigenvalue weighted by Crippen LogP contribution is -2.30. The molecule has 0 fully saturated rings. The van der Waals surface area contributed by atoms with Crippen molar-refractivity contribution >= 4 is 23.8 Å². The highest BCUT2D eigenvalue weighted by Gasteiger charge is 2.19. The first kappa shape index (κ1) is 78.2. The van der Waals surface area contributed by atoms with E-state index in [0.29, 0.717) is 130 Å². The maximum Gasteiger partial charge on any atom is 0.306 e. The number of terminal acetylenes is 1. The Morgan fingerprint density at radius 3 is 1.38 bits per heavy atom. The van der Waals surface area contributed by atoms with Crippen molar-refractivity contribution in [3.63, 3.8) is 0 Å². The minimum Gasteiger partial charge on any atom is -0.462 e. The van der Waals surface area contributed by atoms with Crippen LogP contribution in [0.15, 0.2) is 6.20 Å². The van der Waals surface area contributed by atoms with E-state index in [0.717, 1.165) is 38.5 Å². The largest absolute Gasteiger partial charge is 0.462 e. The number of carbonyl (C=O) groups excluding carboxylic acids is 4. The Labute approximate surface area is 481 Å². The zero-order valence-electron chi connectivity index (χ0n) is 49.8. The summed E-state index contributed by atoms with van der Waals surface area (Å²) in [6, 6.07) is 0. The van der Waals surface area contributed by atoms with Crippen LogP contribution in [0.2, 0.25) is 0 Å². The summed E-state index contributed by atoms with van der Waals surface area (Å²) >= 11 is 0. The number of nitrogens with zero attached hydrogens (tertiary/aromatic N) is 3. The molecule has 2 amide bonds. The summed E-state index contributed by atoms with van der Waals surface area (Å²) in [6.07, 6.45) is 34.9. The summed E-state index contributed by atoms with van der Waals surface area (Å²) < 4.78 is 43.6. The summed E-state index contributed by atoms with van der Waals surface area (Å²) in [6.45, 7) is 11.3. The predicted molar refractivity (Wildman–Crippen MR) is 311 cm³/mol. The van der Waals surface area contributed by atoms with Gasteiger partial charge in [-0.25, -0.2) is 4.68 Å². The molecule has 0 saturated heterocycles. The fraction of sp³-hybridized carbons (Fsp3) is 0.864. The number of hydrogen-bond donors (Lipinski definition) is 6. The Morgan fingerprint density at radius 2 is 0.950 bits per heavy atom. The van der Waals surface area contributed by atoms with Gasteiger partial charge in [-0.1, -0.05) is 147 Å². The summed E-state index contributed by atoms with van der Waals surface area (Å²) in [4.78, 5) is 48.8. The SMILES string of the molecule is C#CCCC(=O)NCCOCCOCCO.CCCCCCCCCCCCCC(=O)OCC(Cn1cc(CCC(=O)NCCOCCOCCO)nn1)OC(=O)CCCCCCCCCCCCC.NCCOCCOCCO. The third kappa shape index (κ3) is 61.8. The number of carbonyl (C=O) groups is 4. The van der Waals surface area contributed by atoms with Crippen molar-refractivity contribution in [1.82, 2.24) is 25.6 Å². The lowest BCUT2D eigenvalue weighted by atomic mass is 10.1. The predicted octanol–water partition coefficient (Wildman–Crippen LogP) is 6.72. The van der Waals surface area contributed by atoms with E-state index in [9.17, 15) is 19.2 Å². The van der Waals surface area contributed by atoms with Gasteiger partial charge in [0.1, 0.15) is 6.61 Å². The van der Waals surface area contributed by atoms with Crippen LogP contribution in [-0.4, -0.2) is 186 Å². The van der Waals surface area contributed by atoms with E-state index in [1.165, 1.54) is 103 Å². The molecule has 1 heterocycles. The number of aliphatic hydroxyl groups is 3. The number of ether oxygens (including phenoxy) is 8. The number of aromatic nitrogens is 3. The molecule has 1 aromatic heterocycles. The molecule has 0 aliphatic carbocycles. The highest BCUT2D eigenvalue weighted by molar-refractivity contribution is 5.76. The van der Waals surface area contributed by atoms with Crippen LogP contribution in [0.3, 0.4) is 0 Å². The van der Waals surface area contributed by atoms with Crippen molar-refractivity contribution in [2.75, 3.05) is 125 Å². The van der Waals surface area contributed by atoms with Gasteiger partial charge in [-0.2, -0.15) is 0 Å². The quantitative estimate of drug-likeness (QED) is 0.0224. The Morgan fingerprint density at radius 1 is 0.550 bits per heavy atom. The molecule has 1 atom stereocenters. The minimum absolute atomic E-state index is 0.0191. The van der Waals surface area contributed by atoms with Crippen LogP contribution in [0.1, 0.15) is 193 Å². The summed E-state index contributed by atoms with van der Waals surface area (Å²) in [5.74, 6) is 1.65. The average molecular weight is 1150 g/mol. The molecular formula is C59H112N6O15. The second kappa shape index (κ2) is 66.0. The van der Waals surface area contributed by atoms with Gasteiger partial charge in [-0.3, -0.25) is 19.2 Å². The Kier molecular flexibility index (Phi) is 64.5. The number of rotatable bonds is 57. The summed E-state index contributed by atoms with van der Waals surface area (Å²) in [7, 11) is 0. The zero-order chi connectivity index (χ0) is 58.9. The standard InChI is InChI=1S/C42H78N4O8.C11H19NO4.C6H15NO3/c1-3-5-7-9-11-13-15-17-19-21-23-25-41(49)53-37-39(54-42(50)26-24-22-20-18-16-14-12-10-8-6-4-2)36-46-35-38(44-45-46)27-28-40(48)43-29-31-51-33-34-52-32-30-47;1-2-3-4-11(14)12-5-7-15-9-10-16-8-6-13;7-1-3-9-5-6-10-4-2-8/h35,39,47H,3-34,36-37H2,1-2H3,(H,43,48);1,13H,3-10H2,(H,12,14);8H,1-7H2. The van der Waals surface area contributed by atoms with Crippen molar-refractivity contribution in [3.05, 3.63) is 11.9 Å². The first-order valence-corrected chi connectivity index (χ1v) is 30.4. The molecule has 0 saturated carbocycles. The van der Waals surface area contributed by atoms with Gasteiger partial charge in [0.2, 0.25) is 11.8 Å². The molecule has 0 aliphatic rings. The van der Waals surface area contributed by atoms with Crippen LogP contribution in [0.5, 0.6) is 0 Å². The molecule has 0 spiro atoms. The molecule has 21 nitrogen and oxygen atoms in total. The van der Waals surface area contributed by atoms with Gasteiger partial charge >= 0.3 is 11.9 Å². The second-order valence-electron chi connectivity index (χ2n) is 19.3. The Bertz CT molecular complexity index is 1530. The lowest BCUT2D eigenvalue weighted by Gasteiger charge is -2.18. The van der Waals surface area contributed by atoms with Crippen molar-refractivity contribution in [3.8, 4) is 12.3 Å². The number of esters is 2. The first-order chi connectivity index (χ1) is 39.2. The van der Waals surface area contributed by atoms with Crippen LogP contribution in [-0.2, 0) is 70.0 Å². The lowest BCUT2D eigenvalue weighted by molar-refractivity contribution is -0.160. The first-order valence-electron chi connectivity index (χ1n) is 30.4. The topological polar surface area (TPSA) is 284 Å². The van der Waals surface area contributed by atoms with Crippen molar-refractivity contribution in [2.24, 2.45) is 5.73 Å². The number of unbranched alkanes of at least 4 members (excludes halogenated alkanes) is 20.